The average molecular weight is 560 g/mol. The van der Waals surface area contributed by atoms with Crippen LogP contribution >= 0.6 is 0 Å². The zero-order valence-corrected chi connectivity index (χ0v) is 23.0. The predicted molar refractivity (Wildman–Crippen MR) is 155 cm³/mol. The molecule has 0 amide bonds. The van der Waals surface area contributed by atoms with Crippen LogP contribution in [0.2, 0.25) is 0 Å². The number of furan rings is 2. The van der Waals surface area contributed by atoms with Crippen LogP contribution in [-0.2, 0) is 35.5 Å². The number of nitrogens with one attached hydrogen (secondary N) is 3. The molecule has 2 saturated heterocycles. The van der Waals surface area contributed by atoms with Gasteiger partial charge in [0.15, 0.2) is 0 Å². The fourth-order valence-corrected chi connectivity index (χ4v) is 6.58. The SMILES string of the molecule is O=C(O)C(Cc1ccc2occ(CNCc3coc4ccc(CC(C(=O)O)C5CCNC5)cc34)c2c1)C1CCNC1. The van der Waals surface area contributed by atoms with Crippen LogP contribution in [0.25, 0.3) is 21.9 Å². The van der Waals surface area contributed by atoms with Crippen LogP contribution in [-0.4, -0.2) is 48.3 Å². The van der Waals surface area contributed by atoms with Gasteiger partial charge in [-0.1, -0.05) is 12.1 Å². The van der Waals surface area contributed by atoms with Crippen LogP contribution in [0.3, 0.4) is 0 Å². The largest absolute Gasteiger partial charge is 0.481 e. The van der Waals surface area contributed by atoms with Crippen molar-refractivity contribution in [1.82, 2.24) is 16.0 Å². The quantitative estimate of drug-likeness (QED) is 0.173. The molecular weight excluding hydrogens is 522 g/mol. The summed E-state index contributed by atoms with van der Waals surface area (Å²) in [5, 5.41) is 31.7. The lowest BCUT2D eigenvalue weighted by Gasteiger charge is -2.18. The molecule has 9 nitrogen and oxygen atoms in total. The molecule has 4 aromatic rings. The van der Waals surface area contributed by atoms with Gasteiger partial charge in [0, 0.05) is 35.0 Å². The van der Waals surface area contributed by atoms with Gasteiger partial charge in [-0.2, -0.15) is 0 Å². The van der Waals surface area contributed by atoms with E-state index in [1.807, 2.05) is 24.3 Å². The predicted octanol–water partition coefficient (Wildman–Crippen LogP) is 4.17. The van der Waals surface area contributed by atoms with Crippen molar-refractivity contribution in [3.05, 3.63) is 71.2 Å². The first kappa shape index (κ1) is 27.5. The Kier molecular flexibility index (Phi) is 8.09. The zero-order valence-electron chi connectivity index (χ0n) is 23.0. The Bertz CT molecular complexity index is 1420. The van der Waals surface area contributed by atoms with Crippen LogP contribution in [0.15, 0.2) is 57.8 Å². The van der Waals surface area contributed by atoms with Crippen molar-refractivity contribution < 1.29 is 28.6 Å². The molecule has 2 aromatic heterocycles. The standard InChI is InChI=1S/C32H37N3O6/c36-31(37)27(21-5-7-33-13-21)11-19-1-3-29-25(9-19)23(17-40-29)15-35-16-24-18-41-30-4-2-20(10-26(24)30)12-28(32(38)39)22-6-8-34-14-22/h1-4,9-10,17-18,21-22,27-28,33-35H,5-8,11-16H2,(H,36,37)(H,38,39). The summed E-state index contributed by atoms with van der Waals surface area (Å²) in [5.74, 6) is -2.00. The number of carboxylic acids is 2. The Balaban J connectivity index is 1.13. The van der Waals surface area contributed by atoms with E-state index in [2.05, 4.69) is 28.1 Å². The Hall–Kier alpha value is -3.66. The van der Waals surface area contributed by atoms with E-state index in [0.29, 0.717) is 25.9 Å². The molecule has 5 N–H and O–H groups in total. The second-order valence-corrected chi connectivity index (χ2v) is 11.6. The minimum absolute atomic E-state index is 0.147. The lowest BCUT2D eigenvalue weighted by Crippen LogP contribution is -2.27. The summed E-state index contributed by atoms with van der Waals surface area (Å²) in [7, 11) is 0. The number of aliphatic carboxylic acids is 2. The Morgan fingerprint density at radius 1 is 0.780 bits per heavy atom. The summed E-state index contributed by atoms with van der Waals surface area (Å²) in [6.07, 6.45) is 6.29. The van der Waals surface area contributed by atoms with Crippen molar-refractivity contribution in [1.29, 1.82) is 0 Å². The lowest BCUT2D eigenvalue weighted by atomic mass is 9.86. The van der Waals surface area contributed by atoms with E-state index in [0.717, 1.165) is 83.2 Å². The topological polar surface area (TPSA) is 137 Å². The van der Waals surface area contributed by atoms with Gasteiger partial charge >= 0.3 is 11.9 Å². The third-order valence-electron chi connectivity index (χ3n) is 8.95. The molecule has 4 unspecified atom stereocenters. The summed E-state index contributed by atoms with van der Waals surface area (Å²) in [6, 6.07) is 11.9. The van der Waals surface area contributed by atoms with Crippen molar-refractivity contribution >= 4 is 33.9 Å². The fourth-order valence-electron chi connectivity index (χ4n) is 6.58. The monoisotopic (exact) mass is 559 g/mol. The Morgan fingerprint density at radius 3 is 1.63 bits per heavy atom. The van der Waals surface area contributed by atoms with Gasteiger partial charge in [0.25, 0.3) is 0 Å². The van der Waals surface area contributed by atoms with E-state index in [1.165, 1.54) is 0 Å². The van der Waals surface area contributed by atoms with Crippen molar-refractivity contribution in [2.24, 2.45) is 23.7 Å². The van der Waals surface area contributed by atoms with Crippen molar-refractivity contribution in [2.75, 3.05) is 26.2 Å². The number of benzene rings is 2. The first-order valence-corrected chi connectivity index (χ1v) is 14.5. The molecular formula is C32H37N3O6. The Labute approximate surface area is 238 Å². The van der Waals surface area contributed by atoms with E-state index < -0.39 is 23.8 Å². The van der Waals surface area contributed by atoms with Crippen molar-refractivity contribution in [3.63, 3.8) is 0 Å². The molecule has 4 atom stereocenters. The first-order valence-electron chi connectivity index (χ1n) is 14.5. The number of rotatable bonds is 12. The van der Waals surface area contributed by atoms with Gasteiger partial charge in [-0.25, -0.2) is 0 Å². The van der Waals surface area contributed by atoms with Crippen molar-refractivity contribution in [3.8, 4) is 0 Å². The molecule has 2 aliphatic rings. The van der Waals surface area contributed by atoms with Crippen LogP contribution < -0.4 is 16.0 Å². The molecule has 6 rings (SSSR count). The maximum absolute atomic E-state index is 12.0. The van der Waals surface area contributed by atoms with Crippen LogP contribution in [0.5, 0.6) is 0 Å². The van der Waals surface area contributed by atoms with Gasteiger partial charge in [-0.3, -0.25) is 9.59 Å². The summed E-state index contributed by atoms with van der Waals surface area (Å²) < 4.78 is 11.6. The maximum Gasteiger partial charge on any atom is 0.307 e. The van der Waals surface area contributed by atoms with E-state index in [9.17, 15) is 19.8 Å². The number of hydrogen-bond acceptors (Lipinski definition) is 7. The Morgan fingerprint density at radius 2 is 1.24 bits per heavy atom. The van der Waals surface area contributed by atoms with Crippen LogP contribution in [0, 0.1) is 23.7 Å². The first-order chi connectivity index (χ1) is 20.0. The second kappa shape index (κ2) is 12.1. The zero-order chi connectivity index (χ0) is 28.3. The highest BCUT2D eigenvalue weighted by Crippen LogP contribution is 2.29. The molecule has 0 spiro atoms. The van der Waals surface area contributed by atoms with Gasteiger partial charge < -0.3 is 35.0 Å². The molecule has 0 bridgehead atoms. The molecule has 0 radical (unpaired) electrons. The third kappa shape index (κ3) is 6.02. The van der Waals surface area contributed by atoms with Gasteiger partial charge in [0.1, 0.15) is 11.2 Å². The van der Waals surface area contributed by atoms with Crippen LogP contribution in [0.4, 0.5) is 0 Å². The summed E-state index contributed by atoms with van der Waals surface area (Å²) in [4.78, 5) is 24.0. The van der Waals surface area contributed by atoms with Crippen LogP contribution in [0.1, 0.15) is 35.1 Å². The summed E-state index contributed by atoms with van der Waals surface area (Å²) in [6.45, 7) is 4.41. The van der Waals surface area contributed by atoms with Gasteiger partial charge in [-0.05, 0) is 99.1 Å². The van der Waals surface area contributed by atoms with Crippen molar-refractivity contribution in [2.45, 2.75) is 38.8 Å². The highest BCUT2D eigenvalue weighted by Gasteiger charge is 2.31. The molecule has 2 aliphatic heterocycles. The highest BCUT2D eigenvalue weighted by atomic mass is 16.4. The number of carboxylic acid groups (broad SMARTS) is 2. The maximum atomic E-state index is 12.0. The van der Waals surface area contributed by atoms with Gasteiger partial charge in [0.2, 0.25) is 0 Å². The molecule has 2 fully saturated rings. The molecule has 9 heteroatoms. The highest BCUT2D eigenvalue weighted by molar-refractivity contribution is 5.83. The van der Waals surface area contributed by atoms with E-state index in [1.54, 1.807) is 12.5 Å². The van der Waals surface area contributed by atoms with E-state index in [4.69, 9.17) is 8.83 Å². The van der Waals surface area contributed by atoms with E-state index >= 15 is 0 Å². The molecule has 0 aliphatic carbocycles. The second-order valence-electron chi connectivity index (χ2n) is 11.6. The minimum Gasteiger partial charge on any atom is -0.481 e. The van der Waals surface area contributed by atoms with Gasteiger partial charge in [0.05, 0.1) is 24.4 Å². The van der Waals surface area contributed by atoms with E-state index in [-0.39, 0.29) is 11.8 Å². The molecule has 2 aromatic carbocycles. The molecule has 4 heterocycles. The minimum atomic E-state index is -0.739. The van der Waals surface area contributed by atoms with Gasteiger partial charge in [-0.15, -0.1) is 0 Å². The summed E-state index contributed by atoms with van der Waals surface area (Å²) in [5.41, 5.74) is 5.59. The smallest absolute Gasteiger partial charge is 0.307 e. The number of carbonyl (C=O) groups is 2. The lowest BCUT2D eigenvalue weighted by molar-refractivity contribution is -0.144. The average Bonchev–Trinajstić information content (AvgIpc) is 3.78. The number of hydrogen-bond donors (Lipinski definition) is 5. The molecule has 41 heavy (non-hydrogen) atoms. The third-order valence-corrected chi connectivity index (χ3v) is 8.95. The molecule has 0 saturated carbocycles. The fraction of sp³-hybridized carbons (Fsp3) is 0.438. The summed E-state index contributed by atoms with van der Waals surface area (Å²) >= 11 is 0. The normalized spacial score (nSPS) is 20.6. The number of fused-ring (bicyclic) bond motifs is 2. The molecule has 216 valence electrons.